The topological polar surface area (TPSA) is 84.0 Å². The smallest absolute Gasteiger partial charge is 0.273 e. The van der Waals surface area contributed by atoms with E-state index in [9.17, 15) is 14.4 Å². The maximum atomic E-state index is 12.5. The van der Waals surface area contributed by atoms with Crippen LogP contribution in [0.3, 0.4) is 0 Å². The molecule has 0 aliphatic heterocycles. The minimum absolute atomic E-state index is 0.206. The second-order valence-corrected chi connectivity index (χ2v) is 6.39. The van der Waals surface area contributed by atoms with Gasteiger partial charge in [0.15, 0.2) is 0 Å². The van der Waals surface area contributed by atoms with Crippen LogP contribution < -0.4 is 16.4 Å². The van der Waals surface area contributed by atoms with Crippen molar-refractivity contribution in [3.8, 4) is 0 Å². The molecule has 0 bridgehead atoms. The standard InChI is InChI=1S/C19H18ClN3O3/c1-2-16(12-7-9-13(20)10-8-12)21-17(24)11-23-19(26)15-6-4-3-5-14(15)18(25)22-23/h3-10,16H,2,11H2,1H3,(H,21,24)(H,22,25). The van der Waals surface area contributed by atoms with Crippen LogP contribution in [0.25, 0.3) is 10.8 Å². The number of amides is 1. The van der Waals surface area contributed by atoms with Crippen LogP contribution >= 0.6 is 11.6 Å². The lowest BCUT2D eigenvalue weighted by Crippen LogP contribution is -2.38. The Bertz CT molecular complexity index is 1050. The van der Waals surface area contributed by atoms with Crippen molar-refractivity contribution >= 4 is 28.3 Å². The molecule has 0 saturated carbocycles. The van der Waals surface area contributed by atoms with Crippen molar-refractivity contribution in [1.82, 2.24) is 15.1 Å². The molecule has 3 aromatic rings. The van der Waals surface area contributed by atoms with Gasteiger partial charge < -0.3 is 5.32 Å². The monoisotopic (exact) mass is 371 g/mol. The molecule has 1 heterocycles. The summed E-state index contributed by atoms with van der Waals surface area (Å²) in [5, 5.41) is 6.55. The number of rotatable bonds is 5. The van der Waals surface area contributed by atoms with E-state index < -0.39 is 11.1 Å². The van der Waals surface area contributed by atoms with Crippen molar-refractivity contribution in [2.24, 2.45) is 0 Å². The highest BCUT2D eigenvalue weighted by atomic mass is 35.5. The maximum absolute atomic E-state index is 12.5. The highest BCUT2D eigenvalue weighted by molar-refractivity contribution is 6.30. The molecule has 1 aromatic heterocycles. The average molecular weight is 372 g/mol. The maximum Gasteiger partial charge on any atom is 0.273 e. The van der Waals surface area contributed by atoms with Gasteiger partial charge in [-0.25, -0.2) is 4.68 Å². The highest BCUT2D eigenvalue weighted by Crippen LogP contribution is 2.19. The van der Waals surface area contributed by atoms with E-state index in [4.69, 9.17) is 11.6 Å². The van der Waals surface area contributed by atoms with Gasteiger partial charge in [-0.1, -0.05) is 42.8 Å². The van der Waals surface area contributed by atoms with Crippen LogP contribution in [-0.4, -0.2) is 15.7 Å². The fraction of sp³-hybridized carbons (Fsp3) is 0.211. The SMILES string of the molecule is CCC(NC(=O)Cn1[nH]c(=O)c2ccccc2c1=O)c1ccc(Cl)cc1. The Balaban J connectivity index is 1.82. The summed E-state index contributed by atoms with van der Waals surface area (Å²) in [6, 6.07) is 13.5. The molecule has 26 heavy (non-hydrogen) atoms. The molecule has 0 fully saturated rings. The molecule has 1 amide bonds. The number of hydrogen-bond acceptors (Lipinski definition) is 3. The molecule has 3 rings (SSSR count). The molecule has 6 nitrogen and oxygen atoms in total. The summed E-state index contributed by atoms with van der Waals surface area (Å²) in [4.78, 5) is 37.0. The van der Waals surface area contributed by atoms with Gasteiger partial charge in [-0.3, -0.25) is 19.5 Å². The second kappa shape index (κ2) is 7.58. The lowest BCUT2D eigenvalue weighted by molar-refractivity contribution is -0.122. The Kier molecular flexibility index (Phi) is 5.23. The van der Waals surface area contributed by atoms with E-state index in [1.165, 1.54) is 0 Å². The minimum atomic E-state index is -0.408. The van der Waals surface area contributed by atoms with Crippen LogP contribution in [-0.2, 0) is 11.3 Å². The summed E-state index contributed by atoms with van der Waals surface area (Å²) in [7, 11) is 0. The summed E-state index contributed by atoms with van der Waals surface area (Å²) in [6.07, 6.45) is 0.677. The second-order valence-electron chi connectivity index (χ2n) is 5.96. The number of aromatic nitrogens is 2. The molecule has 0 saturated heterocycles. The first-order chi connectivity index (χ1) is 12.5. The number of aromatic amines is 1. The van der Waals surface area contributed by atoms with Crippen molar-refractivity contribution in [3.63, 3.8) is 0 Å². The molecule has 0 radical (unpaired) electrons. The zero-order valence-electron chi connectivity index (χ0n) is 14.2. The van der Waals surface area contributed by atoms with Crippen LogP contribution in [0.5, 0.6) is 0 Å². The van der Waals surface area contributed by atoms with Gasteiger partial charge in [0.25, 0.3) is 11.1 Å². The van der Waals surface area contributed by atoms with Crippen LogP contribution in [0.1, 0.15) is 24.9 Å². The van der Waals surface area contributed by atoms with Gasteiger partial charge in [-0.15, -0.1) is 0 Å². The quantitative estimate of drug-likeness (QED) is 0.723. The van der Waals surface area contributed by atoms with Crippen LogP contribution in [0.4, 0.5) is 0 Å². The Hall–Kier alpha value is -2.86. The molecule has 0 aliphatic carbocycles. The molecule has 2 N–H and O–H groups in total. The van der Waals surface area contributed by atoms with Crippen molar-refractivity contribution in [1.29, 1.82) is 0 Å². The van der Waals surface area contributed by atoms with Crippen LogP contribution in [0.15, 0.2) is 58.1 Å². The minimum Gasteiger partial charge on any atom is -0.348 e. The lowest BCUT2D eigenvalue weighted by Gasteiger charge is -2.18. The van der Waals surface area contributed by atoms with Gasteiger partial charge in [-0.2, -0.15) is 0 Å². The van der Waals surface area contributed by atoms with E-state index in [1.807, 2.05) is 19.1 Å². The first-order valence-corrected chi connectivity index (χ1v) is 8.64. The molecular weight excluding hydrogens is 354 g/mol. The number of halogens is 1. The van der Waals surface area contributed by atoms with E-state index >= 15 is 0 Å². The summed E-state index contributed by atoms with van der Waals surface area (Å²) in [5.41, 5.74) is 0.109. The van der Waals surface area contributed by atoms with Gasteiger partial charge in [0.1, 0.15) is 6.54 Å². The van der Waals surface area contributed by atoms with Gasteiger partial charge >= 0.3 is 0 Å². The van der Waals surface area contributed by atoms with Crippen molar-refractivity contribution in [2.45, 2.75) is 25.9 Å². The molecular formula is C19H18ClN3O3. The van der Waals surface area contributed by atoms with E-state index in [0.29, 0.717) is 16.8 Å². The zero-order valence-corrected chi connectivity index (χ0v) is 14.9. The third-order valence-corrected chi connectivity index (χ3v) is 4.45. The predicted molar refractivity (Wildman–Crippen MR) is 101 cm³/mol. The normalized spacial score (nSPS) is 12.1. The van der Waals surface area contributed by atoms with Crippen molar-refractivity contribution in [2.75, 3.05) is 0 Å². The number of benzene rings is 2. The van der Waals surface area contributed by atoms with E-state index in [-0.39, 0.29) is 23.9 Å². The summed E-state index contributed by atoms with van der Waals surface area (Å²) >= 11 is 5.89. The molecule has 7 heteroatoms. The van der Waals surface area contributed by atoms with Gasteiger partial charge in [0.2, 0.25) is 5.91 Å². The molecule has 2 aromatic carbocycles. The Morgan fingerprint density at radius 2 is 1.77 bits per heavy atom. The fourth-order valence-electron chi connectivity index (χ4n) is 2.86. The highest BCUT2D eigenvalue weighted by Gasteiger charge is 2.15. The Labute approximate surface area is 154 Å². The van der Waals surface area contributed by atoms with Crippen LogP contribution in [0.2, 0.25) is 5.02 Å². The first kappa shape index (κ1) is 17.9. The summed E-state index contributed by atoms with van der Waals surface area (Å²) in [6.45, 7) is 1.69. The van der Waals surface area contributed by atoms with Crippen molar-refractivity contribution < 1.29 is 4.79 Å². The van der Waals surface area contributed by atoms with Gasteiger partial charge in [0.05, 0.1) is 16.8 Å². The Morgan fingerprint density at radius 1 is 1.12 bits per heavy atom. The predicted octanol–water partition coefficient (Wildman–Crippen LogP) is 2.61. The lowest BCUT2D eigenvalue weighted by atomic mass is 10.0. The Morgan fingerprint density at radius 3 is 2.42 bits per heavy atom. The van der Waals surface area contributed by atoms with Gasteiger partial charge in [-0.05, 0) is 36.2 Å². The zero-order chi connectivity index (χ0) is 18.7. The number of hydrogen-bond donors (Lipinski definition) is 2. The summed E-state index contributed by atoms with van der Waals surface area (Å²) < 4.78 is 1.04. The molecule has 1 atom stereocenters. The number of fused-ring (bicyclic) bond motifs is 1. The average Bonchev–Trinajstić information content (AvgIpc) is 2.65. The number of H-pyrrole nitrogens is 1. The van der Waals surface area contributed by atoms with E-state index in [0.717, 1.165) is 10.2 Å². The molecule has 0 aliphatic rings. The number of nitrogens with zero attached hydrogens (tertiary/aromatic N) is 1. The third-order valence-electron chi connectivity index (χ3n) is 4.20. The number of carbonyl (C=O) groups is 1. The number of nitrogens with one attached hydrogen (secondary N) is 2. The van der Waals surface area contributed by atoms with E-state index in [1.54, 1.807) is 36.4 Å². The van der Waals surface area contributed by atoms with E-state index in [2.05, 4.69) is 10.4 Å². The molecule has 1 unspecified atom stereocenters. The summed E-state index contributed by atoms with van der Waals surface area (Å²) in [5.74, 6) is -0.361. The third kappa shape index (κ3) is 3.70. The van der Waals surface area contributed by atoms with Gasteiger partial charge in [0, 0.05) is 5.02 Å². The largest absolute Gasteiger partial charge is 0.348 e. The molecule has 134 valence electrons. The van der Waals surface area contributed by atoms with Crippen LogP contribution in [0, 0.1) is 0 Å². The van der Waals surface area contributed by atoms with Crippen molar-refractivity contribution in [3.05, 3.63) is 79.8 Å². The molecule has 0 spiro atoms. The fourth-order valence-corrected chi connectivity index (χ4v) is 2.98. The first-order valence-electron chi connectivity index (χ1n) is 8.26. The number of carbonyl (C=O) groups excluding carboxylic acids is 1.